The molecule has 1 aliphatic rings. The average molecular weight is 854 g/mol. The topological polar surface area (TPSA) is 327 Å². The van der Waals surface area contributed by atoms with Crippen LogP contribution in [0.15, 0.2) is 24.5 Å². The summed E-state index contributed by atoms with van der Waals surface area (Å²) in [6, 6.07) is -0.154. The molecule has 0 saturated carbocycles. The first-order valence-electron chi connectivity index (χ1n) is 19.1. The predicted molar refractivity (Wildman–Crippen MR) is 206 cm³/mol. The molecule has 1 fully saturated rings. The number of carboxylic acids is 4. The number of nitrogens with one attached hydrogen (secondary N) is 4. The molecule has 8 N–H and O–H groups in total. The van der Waals surface area contributed by atoms with Crippen molar-refractivity contribution < 1.29 is 73.1 Å². The van der Waals surface area contributed by atoms with Gasteiger partial charge >= 0.3 is 29.9 Å². The Balaban J connectivity index is 2.07. The largest absolute Gasteiger partial charge is 0.481 e. The standard InChI is InChI=1S/C36H55N9O15/c46-24-59-23-45-17-15-42(11-12-43(21-32(51)52)13-14-44(16-18-45)22-33(53)54)20-29(48)39-28(19-26-6-9-37-10-7-26)34(55)38-8-2-1-3-30(60-25-47)41-36(58)40-27(35(56)57)4-5-31(49)50/h6-7,9-10,24-25,27-28,30H,1-5,8,11-23H2,(H,38,55)(H,39,48)(H,49,50)(H,51,52)(H,53,54)(H,56,57)(H2,40,41,58)/t27-,28-,30+/m0/s1. The zero-order valence-electron chi connectivity index (χ0n) is 33.1. The van der Waals surface area contributed by atoms with E-state index in [2.05, 4.69) is 26.3 Å². The molecular formula is C36H55N9O15. The van der Waals surface area contributed by atoms with E-state index in [0.29, 0.717) is 38.0 Å². The molecule has 0 radical (unpaired) electrons. The molecular weight excluding hydrogens is 798 g/mol. The highest BCUT2D eigenvalue weighted by molar-refractivity contribution is 5.88. The number of unbranched alkanes of at least 4 members (excludes halogenated alkanes) is 1. The van der Waals surface area contributed by atoms with Crippen molar-refractivity contribution >= 4 is 54.7 Å². The van der Waals surface area contributed by atoms with Crippen molar-refractivity contribution in [1.82, 2.24) is 45.9 Å². The zero-order valence-corrected chi connectivity index (χ0v) is 33.1. The van der Waals surface area contributed by atoms with E-state index in [1.54, 1.807) is 31.7 Å². The number of hydrogen-bond donors (Lipinski definition) is 8. The summed E-state index contributed by atoms with van der Waals surface area (Å²) < 4.78 is 9.85. The van der Waals surface area contributed by atoms with Gasteiger partial charge in [0.05, 0.1) is 19.6 Å². The minimum Gasteiger partial charge on any atom is -0.481 e. The summed E-state index contributed by atoms with van der Waals surface area (Å²) in [4.78, 5) is 118. The van der Waals surface area contributed by atoms with Gasteiger partial charge in [0, 0.05) is 90.6 Å². The Morgan fingerprint density at radius 2 is 1.25 bits per heavy atom. The van der Waals surface area contributed by atoms with Crippen molar-refractivity contribution in [3.63, 3.8) is 0 Å². The number of aromatic nitrogens is 1. The third-order valence-electron chi connectivity index (χ3n) is 9.14. The van der Waals surface area contributed by atoms with Crippen LogP contribution in [0.3, 0.4) is 0 Å². The van der Waals surface area contributed by atoms with Crippen molar-refractivity contribution in [2.45, 2.75) is 56.8 Å². The Labute approximate surface area is 345 Å². The molecule has 334 valence electrons. The summed E-state index contributed by atoms with van der Waals surface area (Å²) in [7, 11) is 0. The van der Waals surface area contributed by atoms with Gasteiger partial charge < -0.3 is 51.2 Å². The fourth-order valence-corrected chi connectivity index (χ4v) is 6.01. The lowest BCUT2D eigenvalue weighted by Gasteiger charge is -2.33. The number of nitrogens with zero attached hydrogens (tertiary/aromatic N) is 5. The fourth-order valence-electron chi connectivity index (χ4n) is 6.01. The van der Waals surface area contributed by atoms with E-state index in [1.807, 2.05) is 0 Å². The smallest absolute Gasteiger partial charge is 0.326 e. The van der Waals surface area contributed by atoms with E-state index in [1.165, 1.54) is 12.4 Å². The van der Waals surface area contributed by atoms with Gasteiger partial charge in [0.2, 0.25) is 11.8 Å². The van der Waals surface area contributed by atoms with Crippen LogP contribution in [-0.2, 0) is 54.3 Å². The van der Waals surface area contributed by atoms with Crippen LogP contribution in [-0.4, -0.2) is 203 Å². The van der Waals surface area contributed by atoms with E-state index < -0.39 is 66.5 Å². The van der Waals surface area contributed by atoms with Crippen molar-refractivity contribution in [1.29, 1.82) is 0 Å². The van der Waals surface area contributed by atoms with Crippen molar-refractivity contribution in [3.05, 3.63) is 30.1 Å². The van der Waals surface area contributed by atoms with E-state index in [0.717, 1.165) is 0 Å². The summed E-state index contributed by atoms with van der Waals surface area (Å²) in [5.41, 5.74) is 0.704. The number of aliphatic carboxylic acids is 4. The van der Waals surface area contributed by atoms with Crippen LogP contribution in [0, 0.1) is 0 Å². The average Bonchev–Trinajstić information content (AvgIpc) is 3.18. The molecule has 4 amide bonds. The highest BCUT2D eigenvalue weighted by atomic mass is 16.5. The first kappa shape index (κ1) is 50.2. The molecule has 60 heavy (non-hydrogen) atoms. The van der Waals surface area contributed by atoms with Crippen molar-refractivity contribution in [3.8, 4) is 0 Å². The van der Waals surface area contributed by atoms with Crippen LogP contribution in [0.2, 0.25) is 0 Å². The van der Waals surface area contributed by atoms with Crippen LogP contribution in [0.4, 0.5) is 4.79 Å². The van der Waals surface area contributed by atoms with Crippen molar-refractivity contribution in [2.75, 3.05) is 85.3 Å². The number of ether oxygens (including phenoxy) is 2. The van der Waals surface area contributed by atoms with Crippen LogP contribution in [0.1, 0.15) is 37.7 Å². The normalized spacial score (nSPS) is 16.3. The number of carbonyl (C=O) groups is 9. The van der Waals surface area contributed by atoms with Gasteiger partial charge in [-0.2, -0.15) is 0 Å². The molecule has 0 bridgehead atoms. The van der Waals surface area contributed by atoms with E-state index in [4.69, 9.17) is 14.6 Å². The van der Waals surface area contributed by atoms with E-state index in [9.17, 15) is 58.5 Å². The zero-order chi connectivity index (χ0) is 44.3. The van der Waals surface area contributed by atoms with Crippen LogP contribution in [0.25, 0.3) is 0 Å². The lowest BCUT2D eigenvalue weighted by molar-refractivity contribution is -0.141. The third kappa shape index (κ3) is 22.2. The number of rotatable bonds is 26. The maximum atomic E-state index is 13.6. The number of urea groups is 1. The maximum absolute atomic E-state index is 13.6. The minimum atomic E-state index is -1.50. The molecule has 0 spiro atoms. The second-order valence-corrected chi connectivity index (χ2v) is 13.8. The molecule has 0 aliphatic carbocycles. The lowest BCUT2D eigenvalue weighted by Crippen LogP contribution is -2.52. The summed E-state index contributed by atoms with van der Waals surface area (Å²) >= 11 is 0. The maximum Gasteiger partial charge on any atom is 0.326 e. The molecule has 24 nitrogen and oxygen atoms in total. The lowest BCUT2D eigenvalue weighted by atomic mass is 10.1. The van der Waals surface area contributed by atoms with Gasteiger partial charge in [-0.1, -0.05) is 0 Å². The van der Waals surface area contributed by atoms with Crippen LogP contribution >= 0.6 is 0 Å². The number of carbonyl (C=O) groups excluding carboxylic acids is 5. The Kier molecular flexibility index (Phi) is 23.8. The highest BCUT2D eigenvalue weighted by Gasteiger charge is 2.26. The molecule has 1 saturated heterocycles. The van der Waals surface area contributed by atoms with Gasteiger partial charge in [0.15, 0.2) is 6.23 Å². The van der Waals surface area contributed by atoms with Crippen LogP contribution in [0.5, 0.6) is 0 Å². The molecule has 24 heteroatoms. The molecule has 0 aromatic carbocycles. The number of pyridine rings is 1. The Hall–Kier alpha value is -5.98. The van der Waals surface area contributed by atoms with E-state index >= 15 is 0 Å². The Morgan fingerprint density at radius 3 is 1.77 bits per heavy atom. The van der Waals surface area contributed by atoms with Gasteiger partial charge in [0.1, 0.15) is 18.8 Å². The SMILES string of the molecule is O=COCN1CCN(CC(=O)O)CCN(CC(=O)O)CCN(CC(=O)N[C@@H](Cc2ccncc2)C(=O)NCCCC[C@H](NC(=O)N[C@@H](CCC(=O)O)C(=O)O)OC=O)CC1. The summed E-state index contributed by atoms with van der Waals surface area (Å²) in [6.45, 7) is 1.79. The second kappa shape index (κ2) is 28.4. The molecule has 1 aliphatic heterocycles. The number of amides is 4. The summed E-state index contributed by atoms with van der Waals surface area (Å²) in [5.74, 6) is -5.83. The van der Waals surface area contributed by atoms with Crippen molar-refractivity contribution in [2.24, 2.45) is 0 Å². The summed E-state index contributed by atoms with van der Waals surface area (Å²) in [5, 5.41) is 47.0. The molecule has 1 aromatic heterocycles. The fraction of sp³-hybridized carbons (Fsp3) is 0.611. The molecule has 2 heterocycles. The van der Waals surface area contributed by atoms with E-state index in [-0.39, 0.29) is 97.9 Å². The third-order valence-corrected chi connectivity index (χ3v) is 9.14. The Morgan fingerprint density at radius 1 is 0.683 bits per heavy atom. The Bertz CT molecular complexity index is 1560. The monoisotopic (exact) mass is 853 g/mol. The first-order valence-corrected chi connectivity index (χ1v) is 19.1. The summed E-state index contributed by atoms with van der Waals surface area (Å²) in [6.07, 6.45) is 1.86. The number of carboxylic acid groups (broad SMARTS) is 4. The molecule has 3 atom stereocenters. The quantitative estimate of drug-likeness (QED) is 0.0262. The molecule has 2 rings (SSSR count). The molecule has 1 aromatic rings. The van der Waals surface area contributed by atoms with Crippen LogP contribution < -0.4 is 21.3 Å². The second-order valence-electron chi connectivity index (χ2n) is 13.8. The van der Waals surface area contributed by atoms with Gasteiger partial charge in [-0.05, 0) is 37.0 Å². The highest BCUT2D eigenvalue weighted by Crippen LogP contribution is 2.07. The molecule has 0 unspecified atom stereocenters. The van der Waals surface area contributed by atoms with Gasteiger partial charge in [0.25, 0.3) is 12.9 Å². The first-order chi connectivity index (χ1) is 28.7. The van der Waals surface area contributed by atoms with Gasteiger partial charge in [-0.3, -0.25) is 58.1 Å². The number of hydrogen-bond acceptors (Lipinski definition) is 16. The van der Waals surface area contributed by atoms with Gasteiger partial charge in [-0.15, -0.1) is 0 Å². The minimum absolute atomic E-state index is 0.0745. The predicted octanol–water partition coefficient (Wildman–Crippen LogP) is -2.97. The van der Waals surface area contributed by atoms with Gasteiger partial charge in [-0.25, -0.2) is 9.59 Å².